The highest BCUT2D eigenvalue weighted by atomic mass is 19.1. The molecule has 1 aromatic rings. The Labute approximate surface area is 180 Å². The van der Waals surface area contributed by atoms with Crippen LogP contribution in [0.15, 0.2) is 54.4 Å². The van der Waals surface area contributed by atoms with Crippen LogP contribution in [0.25, 0.3) is 0 Å². The third-order valence-corrected chi connectivity index (χ3v) is 6.37. The van der Waals surface area contributed by atoms with Crippen LogP contribution < -0.4 is 4.90 Å². The first-order valence-corrected chi connectivity index (χ1v) is 10.5. The molecule has 0 saturated carbocycles. The molecule has 3 aliphatic heterocycles. The first-order valence-electron chi connectivity index (χ1n) is 10.5. The van der Waals surface area contributed by atoms with E-state index in [1.165, 1.54) is 19.1 Å². The van der Waals surface area contributed by atoms with Crippen molar-refractivity contribution in [2.45, 2.75) is 50.5 Å². The number of amides is 1. The quantitative estimate of drug-likeness (QED) is 0.673. The van der Waals surface area contributed by atoms with E-state index >= 15 is 0 Å². The fraction of sp³-hybridized carbons (Fsp3) is 0.417. The average Bonchev–Trinajstić information content (AvgIpc) is 3.27. The van der Waals surface area contributed by atoms with Gasteiger partial charge in [-0.25, -0.2) is 8.78 Å². The van der Waals surface area contributed by atoms with Gasteiger partial charge in [-0.05, 0) is 49.6 Å². The third-order valence-electron chi connectivity index (χ3n) is 6.37. The molecule has 0 aliphatic carbocycles. The van der Waals surface area contributed by atoms with Gasteiger partial charge >= 0.3 is 0 Å². The summed E-state index contributed by atoms with van der Waals surface area (Å²) in [6.45, 7) is 6.42. The normalized spacial score (nSPS) is 25.4. The summed E-state index contributed by atoms with van der Waals surface area (Å²) in [5.74, 6) is -0.764. The summed E-state index contributed by atoms with van der Waals surface area (Å²) in [5, 5.41) is 8.92. The molecule has 7 heteroatoms. The molecule has 2 atom stereocenters. The summed E-state index contributed by atoms with van der Waals surface area (Å²) in [5.41, 5.74) is 0.586. The Morgan fingerprint density at radius 3 is 2.74 bits per heavy atom. The lowest BCUT2D eigenvalue weighted by Gasteiger charge is -2.38. The van der Waals surface area contributed by atoms with Crippen molar-refractivity contribution in [1.82, 2.24) is 4.90 Å². The van der Waals surface area contributed by atoms with E-state index in [1.54, 1.807) is 29.2 Å². The minimum Gasteiger partial charge on any atom is -0.369 e. The van der Waals surface area contributed by atoms with Crippen LogP contribution in [0.4, 0.5) is 14.5 Å². The topological polar surface area (TPSA) is 56.6 Å². The van der Waals surface area contributed by atoms with Crippen LogP contribution in [-0.4, -0.2) is 41.8 Å². The molecule has 1 spiro atoms. The second-order valence-electron chi connectivity index (χ2n) is 8.32. The molecule has 0 radical (unpaired) electrons. The Morgan fingerprint density at radius 1 is 1.35 bits per heavy atom. The van der Waals surface area contributed by atoms with Crippen LogP contribution in [0.3, 0.4) is 0 Å². The molecule has 1 amide bonds. The predicted molar refractivity (Wildman–Crippen MR) is 113 cm³/mol. The molecule has 0 aromatic heterocycles. The largest absolute Gasteiger partial charge is 0.369 e. The number of carbonyl (C=O) groups is 1. The predicted octanol–water partition coefficient (Wildman–Crippen LogP) is 4.37. The van der Waals surface area contributed by atoms with Crippen LogP contribution in [0.1, 0.15) is 38.2 Å². The number of benzene rings is 1. The molecule has 3 fully saturated rings. The Morgan fingerprint density at radius 2 is 2.10 bits per heavy atom. The number of ether oxygens (including phenoxy) is 1. The van der Waals surface area contributed by atoms with Crippen molar-refractivity contribution in [3.8, 4) is 6.07 Å². The van der Waals surface area contributed by atoms with E-state index in [2.05, 4.69) is 6.58 Å². The standard InChI is InChI=1S/C24H25F2N3O2/c1-16(4-3-5-17(2)25)20-8-9-22-29(20)23(30)24(31-22)10-12-28(13-11-24)21-7-6-18(15-27)14-19(21)26/h3-7,14,20,22H,1,8-13H2,2H3/b4-3-,17-5+/t20-,22+/m0/s1. The van der Waals surface area contributed by atoms with Crippen molar-refractivity contribution in [3.63, 3.8) is 0 Å². The lowest BCUT2D eigenvalue weighted by Crippen LogP contribution is -2.51. The van der Waals surface area contributed by atoms with Gasteiger partial charge in [-0.15, -0.1) is 0 Å². The lowest BCUT2D eigenvalue weighted by atomic mass is 9.89. The molecule has 0 bridgehead atoms. The highest BCUT2D eigenvalue weighted by Gasteiger charge is 2.57. The summed E-state index contributed by atoms with van der Waals surface area (Å²) in [7, 11) is 0. The number of fused-ring (bicyclic) bond motifs is 1. The SMILES string of the molecule is C=C(/C=C\C=C(/C)F)[C@@H]1CC[C@H]2OC3(CCN(c4ccc(C#N)cc4F)CC3)C(=O)N21. The summed E-state index contributed by atoms with van der Waals surface area (Å²) in [6.07, 6.45) is 6.86. The van der Waals surface area contributed by atoms with Crippen molar-refractivity contribution in [1.29, 1.82) is 5.26 Å². The van der Waals surface area contributed by atoms with Crippen molar-refractivity contribution >= 4 is 11.6 Å². The maximum Gasteiger partial charge on any atom is 0.257 e. The third kappa shape index (κ3) is 3.88. The number of piperidine rings is 1. The summed E-state index contributed by atoms with van der Waals surface area (Å²) >= 11 is 0. The second-order valence-corrected chi connectivity index (χ2v) is 8.32. The lowest BCUT2D eigenvalue weighted by molar-refractivity contribution is -0.140. The van der Waals surface area contributed by atoms with E-state index in [-0.39, 0.29) is 29.6 Å². The van der Waals surface area contributed by atoms with Crippen LogP contribution in [0, 0.1) is 17.1 Å². The molecule has 5 nitrogen and oxygen atoms in total. The number of rotatable bonds is 4. The van der Waals surface area contributed by atoms with Gasteiger partial charge in [0, 0.05) is 25.9 Å². The molecule has 0 unspecified atom stereocenters. The Hall–Kier alpha value is -2.98. The van der Waals surface area contributed by atoms with Gasteiger partial charge in [-0.1, -0.05) is 18.7 Å². The number of nitrogens with zero attached hydrogens (tertiary/aromatic N) is 3. The number of allylic oxidation sites excluding steroid dienone is 3. The summed E-state index contributed by atoms with van der Waals surface area (Å²) < 4.78 is 33.6. The molecular formula is C24H25F2N3O2. The molecule has 162 valence electrons. The molecular weight excluding hydrogens is 400 g/mol. The van der Waals surface area contributed by atoms with Crippen LogP contribution >= 0.6 is 0 Å². The van der Waals surface area contributed by atoms with Crippen molar-refractivity contribution in [3.05, 3.63) is 65.8 Å². The maximum atomic E-state index is 14.4. The smallest absolute Gasteiger partial charge is 0.257 e. The number of hydrogen-bond donors (Lipinski definition) is 0. The minimum absolute atomic E-state index is 0.0354. The number of anilines is 1. The highest BCUT2D eigenvalue weighted by molar-refractivity contribution is 5.88. The van der Waals surface area contributed by atoms with E-state index in [9.17, 15) is 13.6 Å². The first kappa shape index (κ1) is 21.3. The van der Waals surface area contributed by atoms with E-state index in [0.717, 1.165) is 18.4 Å². The van der Waals surface area contributed by atoms with Gasteiger partial charge in [-0.3, -0.25) is 4.79 Å². The second kappa shape index (κ2) is 8.27. The minimum atomic E-state index is -0.887. The molecule has 4 rings (SSSR count). The zero-order valence-electron chi connectivity index (χ0n) is 17.5. The van der Waals surface area contributed by atoms with Gasteiger partial charge in [0.15, 0.2) is 5.60 Å². The van der Waals surface area contributed by atoms with E-state index in [1.807, 2.05) is 11.0 Å². The molecule has 0 N–H and O–H groups in total. The summed E-state index contributed by atoms with van der Waals surface area (Å²) in [6, 6.07) is 6.22. The highest BCUT2D eigenvalue weighted by Crippen LogP contribution is 2.44. The first-order chi connectivity index (χ1) is 14.8. The van der Waals surface area contributed by atoms with Gasteiger partial charge in [0.05, 0.1) is 29.2 Å². The zero-order valence-corrected chi connectivity index (χ0v) is 17.5. The van der Waals surface area contributed by atoms with E-state index < -0.39 is 11.4 Å². The van der Waals surface area contributed by atoms with Crippen LogP contribution in [-0.2, 0) is 9.53 Å². The molecule has 1 aromatic carbocycles. The van der Waals surface area contributed by atoms with Gasteiger partial charge in [-0.2, -0.15) is 5.26 Å². The number of carbonyl (C=O) groups excluding carboxylic acids is 1. The molecule has 31 heavy (non-hydrogen) atoms. The number of nitriles is 1. The monoisotopic (exact) mass is 425 g/mol. The van der Waals surface area contributed by atoms with Crippen LogP contribution in [0.2, 0.25) is 0 Å². The van der Waals surface area contributed by atoms with Crippen molar-refractivity contribution in [2.24, 2.45) is 0 Å². The van der Waals surface area contributed by atoms with Gasteiger partial charge < -0.3 is 14.5 Å². The van der Waals surface area contributed by atoms with Crippen molar-refractivity contribution < 1.29 is 18.3 Å². The maximum absolute atomic E-state index is 14.4. The van der Waals surface area contributed by atoms with E-state index in [0.29, 0.717) is 31.6 Å². The van der Waals surface area contributed by atoms with Gasteiger partial charge in [0.1, 0.15) is 12.0 Å². The average molecular weight is 425 g/mol. The number of halogens is 2. The van der Waals surface area contributed by atoms with E-state index in [4.69, 9.17) is 10.00 Å². The van der Waals surface area contributed by atoms with Crippen molar-refractivity contribution in [2.75, 3.05) is 18.0 Å². The summed E-state index contributed by atoms with van der Waals surface area (Å²) in [4.78, 5) is 17.1. The molecule has 3 saturated heterocycles. The Balaban J connectivity index is 1.45. The number of hydrogen-bond acceptors (Lipinski definition) is 4. The Bertz CT molecular complexity index is 999. The van der Waals surface area contributed by atoms with Crippen LogP contribution in [0.5, 0.6) is 0 Å². The zero-order chi connectivity index (χ0) is 22.2. The van der Waals surface area contributed by atoms with Gasteiger partial charge in [0.2, 0.25) is 0 Å². The molecule has 3 aliphatic rings. The fourth-order valence-electron chi connectivity index (χ4n) is 4.77. The molecule has 3 heterocycles. The Kier molecular flexibility index (Phi) is 5.67. The fourth-order valence-corrected chi connectivity index (χ4v) is 4.77. The van der Waals surface area contributed by atoms with Gasteiger partial charge in [0.25, 0.3) is 5.91 Å².